The number of rotatable bonds is 3. The van der Waals surface area contributed by atoms with Crippen LogP contribution in [-0.4, -0.2) is 17.8 Å². The van der Waals surface area contributed by atoms with E-state index in [-0.39, 0.29) is 6.04 Å². The van der Waals surface area contributed by atoms with Gasteiger partial charge < -0.3 is 9.47 Å². The fraction of sp³-hybridized carbons (Fsp3) is 0.208. The van der Waals surface area contributed by atoms with Crippen LogP contribution in [0.4, 0.5) is 0 Å². The zero-order valence-corrected chi connectivity index (χ0v) is 18.1. The largest absolute Gasteiger partial charge is 0.497 e. The van der Waals surface area contributed by atoms with E-state index in [2.05, 4.69) is 31.2 Å². The number of hydrazone groups is 1. The summed E-state index contributed by atoms with van der Waals surface area (Å²) >= 11 is 12.8. The Kier molecular flexibility index (Phi) is 4.84. The minimum atomic E-state index is -0.393. The smallest absolute Gasteiger partial charge is 0.213 e. The number of hydrogen-bond donors (Lipinski definition) is 0. The van der Waals surface area contributed by atoms with E-state index in [0.29, 0.717) is 15.8 Å². The standard InChI is InChI=1S/C24H20Cl2N2O2/c1-14-3-5-15(6-4-14)21-13-22-19-11-17(25)12-20(26)23(19)30-24(28(22)27-21)16-7-9-18(29-2)10-8-16/h3-12,22,24H,13H2,1-2H3. The predicted octanol–water partition coefficient (Wildman–Crippen LogP) is 6.55. The molecule has 152 valence electrons. The third kappa shape index (κ3) is 3.30. The second-order valence-corrected chi connectivity index (χ2v) is 8.41. The maximum Gasteiger partial charge on any atom is 0.213 e. The van der Waals surface area contributed by atoms with Crippen LogP contribution in [0.2, 0.25) is 10.0 Å². The van der Waals surface area contributed by atoms with Crippen LogP contribution in [0.1, 0.15) is 40.9 Å². The van der Waals surface area contributed by atoms with Crippen molar-refractivity contribution >= 4 is 28.9 Å². The molecular weight excluding hydrogens is 419 g/mol. The first-order valence-electron chi connectivity index (χ1n) is 9.76. The number of nitrogens with zero attached hydrogens (tertiary/aromatic N) is 2. The molecular formula is C24H20Cl2N2O2. The van der Waals surface area contributed by atoms with Crippen LogP contribution in [0.25, 0.3) is 0 Å². The van der Waals surface area contributed by atoms with Crippen LogP contribution in [0, 0.1) is 6.92 Å². The first-order valence-corrected chi connectivity index (χ1v) is 10.5. The van der Waals surface area contributed by atoms with Gasteiger partial charge in [0.2, 0.25) is 6.23 Å². The van der Waals surface area contributed by atoms with Crippen molar-refractivity contribution in [1.82, 2.24) is 5.01 Å². The molecule has 0 amide bonds. The Labute approximate surface area is 185 Å². The van der Waals surface area contributed by atoms with Crippen LogP contribution in [-0.2, 0) is 0 Å². The summed E-state index contributed by atoms with van der Waals surface area (Å²) in [6, 6.07) is 19.9. The molecule has 2 atom stereocenters. The molecule has 0 saturated carbocycles. The lowest BCUT2D eigenvalue weighted by Gasteiger charge is -2.38. The number of aryl methyl sites for hydroxylation is 1. The molecule has 0 saturated heterocycles. The summed E-state index contributed by atoms with van der Waals surface area (Å²) in [6.07, 6.45) is 0.359. The molecule has 0 N–H and O–H groups in total. The molecule has 0 bridgehead atoms. The van der Waals surface area contributed by atoms with Crippen molar-refractivity contribution in [3.63, 3.8) is 0 Å². The highest BCUT2D eigenvalue weighted by Crippen LogP contribution is 2.50. The average Bonchev–Trinajstić information content (AvgIpc) is 3.20. The van der Waals surface area contributed by atoms with Crippen molar-refractivity contribution in [3.8, 4) is 11.5 Å². The van der Waals surface area contributed by atoms with Gasteiger partial charge in [-0.05, 0) is 48.9 Å². The molecule has 0 radical (unpaired) electrons. The van der Waals surface area contributed by atoms with E-state index in [1.807, 2.05) is 35.3 Å². The number of methoxy groups -OCH3 is 1. The summed E-state index contributed by atoms with van der Waals surface area (Å²) in [4.78, 5) is 0. The Morgan fingerprint density at radius 2 is 1.77 bits per heavy atom. The Balaban J connectivity index is 1.60. The van der Waals surface area contributed by atoms with Crippen molar-refractivity contribution < 1.29 is 9.47 Å². The second-order valence-electron chi connectivity index (χ2n) is 7.56. The highest BCUT2D eigenvalue weighted by Gasteiger charge is 2.42. The lowest BCUT2D eigenvalue weighted by atomic mass is 9.95. The van der Waals surface area contributed by atoms with Gasteiger partial charge in [-0.15, -0.1) is 0 Å². The topological polar surface area (TPSA) is 34.1 Å². The van der Waals surface area contributed by atoms with Gasteiger partial charge in [-0.2, -0.15) is 5.10 Å². The lowest BCUT2D eigenvalue weighted by molar-refractivity contribution is -0.0189. The fourth-order valence-electron chi connectivity index (χ4n) is 4.02. The Morgan fingerprint density at radius 3 is 2.47 bits per heavy atom. The van der Waals surface area contributed by atoms with E-state index < -0.39 is 6.23 Å². The van der Waals surface area contributed by atoms with Crippen molar-refractivity contribution in [2.24, 2.45) is 5.10 Å². The normalized spacial score (nSPS) is 19.6. The third-order valence-corrected chi connectivity index (χ3v) is 6.09. The molecule has 3 aromatic rings. The van der Waals surface area contributed by atoms with Crippen molar-refractivity contribution in [3.05, 3.63) is 93.0 Å². The van der Waals surface area contributed by atoms with E-state index in [4.69, 9.17) is 37.8 Å². The van der Waals surface area contributed by atoms with Gasteiger partial charge in [0.05, 0.1) is 23.9 Å². The fourth-order valence-corrected chi connectivity index (χ4v) is 4.58. The summed E-state index contributed by atoms with van der Waals surface area (Å²) in [5, 5.41) is 8.10. The van der Waals surface area contributed by atoms with Gasteiger partial charge in [0.15, 0.2) is 0 Å². The average molecular weight is 439 g/mol. The van der Waals surface area contributed by atoms with E-state index in [9.17, 15) is 0 Å². The van der Waals surface area contributed by atoms with Crippen LogP contribution in [0.3, 0.4) is 0 Å². The molecule has 2 unspecified atom stereocenters. The predicted molar refractivity (Wildman–Crippen MR) is 120 cm³/mol. The molecule has 0 spiro atoms. The van der Waals surface area contributed by atoms with Gasteiger partial charge in [0, 0.05) is 22.6 Å². The highest BCUT2D eigenvalue weighted by atomic mass is 35.5. The maximum atomic E-state index is 6.52. The molecule has 6 heteroatoms. The molecule has 0 fully saturated rings. The third-order valence-electron chi connectivity index (χ3n) is 5.59. The van der Waals surface area contributed by atoms with Crippen LogP contribution in [0.15, 0.2) is 65.8 Å². The number of benzene rings is 3. The number of halogens is 2. The van der Waals surface area contributed by atoms with Crippen molar-refractivity contribution in [1.29, 1.82) is 0 Å². The lowest BCUT2D eigenvalue weighted by Crippen LogP contribution is -2.33. The van der Waals surface area contributed by atoms with Crippen molar-refractivity contribution in [2.75, 3.05) is 7.11 Å². The van der Waals surface area contributed by atoms with Gasteiger partial charge in [-0.25, -0.2) is 5.01 Å². The quantitative estimate of drug-likeness (QED) is 0.464. The van der Waals surface area contributed by atoms with Gasteiger partial charge >= 0.3 is 0 Å². The van der Waals surface area contributed by atoms with Gasteiger partial charge in [-0.1, -0.05) is 53.0 Å². The van der Waals surface area contributed by atoms with E-state index in [1.165, 1.54) is 5.56 Å². The Bertz CT molecular complexity index is 1130. The molecule has 3 aromatic carbocycles. The molecule has 5 rings (SSSR count). The van der Waals surface area contributed by atoms with Crippen LogP contribution >= 0.6 is 23.2 Å². The minimum Gasteiger partial charge on any atom is -0.497 e. The van der Waals surface area contributed by atoms with Gasteiger partial charge in [-0.3, -0.25) is 0 Å². The second kappa shape index (κ2) is 7.53. The molecule has 2 aliphatic heterocycles. The summed E-state index contributed by atoms with van der Waals surface area (Å²) < 4.78 is 11.7. The monoisotopic (exact) mass is 438 g/mol. The Morgan fingerprint density at radius 1 is 1.03 bits per heavy atom. The summed E-state index contributed by atoms with van der Waals surface area (Å²) in [6.45, 7) is 2.08. The summed E-state index contributed by atoms with van der Waals surface area (Å²) in [5.74, 6) is 1.46. The highest BCUT2D eigenvalue weighted by molar-refractivity contribution is 6.35. The first-order chi connectivity index (χ1) is 14.5. The molecule has 2 heterocycles. The van der Waals surface area contributed by atoms with Gasteiger partial charge in [0.1, 0.15) is 11.5 Å². The summed E-state index contributed by atoms with van der Waals surface area (Å²) in [7, 11) is 1.65. The summed E-state index contributed by atoms with van der Waals surface area (Å²) in [5.41, 5.74) is 5.29. The Hall–Kier alpha value is -2.69. The zero-order chi connectivity index (χ0) is 20.8. The number of fused-ring (bicyclic) bond motifs is 3. The van der Waals surface area contributed by atoms with E-state index in [1.54, 1.807) is 13.2 Å². The SMILES string of the molecule is COc1ccc(C2Oc3c(Cl)cc(Cl)cc3C3CC(c4ccc(C)cc4)=NN32)cc1. The molecule has 0 aromatic heterocycles. The van der Waals surface area contributed by atoms with Crippen LogP contribution < -0.4 is 9.47 Å². The number of ether oxygens (including phenoxy) is 2. The molecule has 30 heavy (non-hydrogen) atoms. The van der Waals surface area contributed by atoms with Crippen LogP contribution in [0.5, 0.6) is 11.5 Å². The first kappa shape index (κ1) is 19.3. The zero-order valence-electron chi connectivity index (χ0n) is 16.6. The molecule has 4 nitrogen and oxygen atoms in total. The minimum absolute atomic E-state index is 0.00615. The molecule has 0 aliphatic carbocycles. The molecule has 2 aliphatic rings. The van der Waals surface area contributed by atoms with Gasteiger partial charge in [0.25, 0.3) is 0 Å². The van der Waals surface area contributed by atoms with E-state index in [0.717, 1.165) is 34.6 Å². The van der Waals surface area contributed by atoms with Crippen molar-refractivity contribution in [2.45, 2.75) is 25.6 Å². The number of hydrogen-bond acceptors (Lipinski definition) is 4. The maximum absolute atomic E-state index is 6.52. The van der Waals surface area contributed by atoms with E-state index >= 15 is 0 Å².